The summed E-state index contributed by atoms with van der Waals surface area (Å²) in [7, 11) is 0. The Kier molecular flexibility index (Phi) is 2.48. The zero-order valence-corrected chi connectivity index (χ0v) is 11.2. The van der Waals surface area contributed by atoms with E-state index in [1.807, 2.05) is 10.7 Å². The molecule has 98 valence electrons. The Morgan fingerprint density at radius 1 is 1.26 bits per heavy atom. The summed E-state index contributed by atoms with van der Waals surface area (Å²) in [5.74, 6) is 0.666. The largest absolute Gasteiger partial charge is 0.366 e. The molecule has 1 saturated heterocycles. The van der Waals surface area contributed by atoms with Gasteiger partial charge in [0.1, 0.15) is 0 Å². The first-order chi connectivity index (χ1) is 9.31. The number of aromatic nitrogens is 4. The van der Waals surface area contributed by atoms with Gasteiger partial charge in [0.15, 0.2) is 0 Å². The molecule has 5 nitrogen and oxygen atoms in total. The van der Waals surface area contributed by atoms with E-state index in [1.165, 1.54) is 12.8 Å². The quantitative estimate of drug-likeness (QED) is 0.862. The Labute approximate surface area is 116 Å². The van der Waals surface area contributed by atoms with Gasteiger partial charge in [-0.2, -0.15) is 0 Å². The van der Waals surface area contributed by atoms with Gasteiger partial charge in [-0.25, -0.2) is 4.68 Å². The molecule has 2 fully saturated rings. The molecule has 0 bridgehead atoms. The van der Waals surface area contributed by atoms with Crippen molar-refractivity contribution < 1.29 is 0 Å². The molecule has 0 unspecified atom stereocenters. The number of anilines is 1. The number of hydrogen-bond donors (Lipinski definition) is 0. The summed E-state index contributed by atoms with van der Waals surface area (Å²) < 4.78 is 2.00. The zero-order valence-electron chi connectivity index (χ0n) is 10.4. The molecule has 2 aromatic heterocycles. The molecule has 0 N–H and O–H groups in total. The van der Waals surface area contributed by atoms with Gasteiger partial charge in [0.25, 0.3) is 0 Å². The maximum Gasteiger partial charge on any atom is 0.0886 e. The fraction of sp³-hybridized carbons (Fsp3) is 0.462. The summed E-state index contributed by atoms with van der Waals surface area (Å²) in [5, 5.41) is 9.21. The van der Waals surface area contributed by atoms with E-state index in [-0.39, 0.29) is 0 Å². The molecule has 0 atom stereocenters. The first-order valence-corrected chi connectivity index (χ1v) is 6.95. The minimum atomic E-state index is 0.407. The normalized spacial score (nSPS) is 19.5. The van der Waals surface area contributed by atoms with Crippen LogP contribution in [0.2, 0.25) is 5.02 Å². The molecule has 3 heterocycles. The molecule has 2 aromatic rings. The summed E-state index contributed by atoms with van der Waals surface area (Å²) in [6.45, 7) is 1.86. The molecule has 0 spiro atoms. The van der Waals surface area contributed by atoms with Gasteiger partial charge in [-0.1, -0.05) is 16.8 Å². The van der Waals surface area contributed by atoms with E-state index in [4.69, 9.17) is 11.6 Å². The fourth-order valence-corrected chi connectivity index (χ4v) is 2.72. The first-order valence-electron chi connectivity index (χ1n) is 6.57. The summed E-state index contributed by atoms with van der Waals surface area (Å²) in [4.78, 5) is 6.25. The lowest BCUT2D eigenvalue weighted by atomic mass is 10.1. The van der Waals surface area contributed by atoms with Crippen molar-refractivity contribution >= 4 is 17.3 Å². The van der Waals surface area contributed by atoms with E-state index in [1.54, 1.807) is 12.4 Å². The number of nitrogens with zero attached hydrogens (tertiary/aromatic N) is 5. The minimum Gasteiger partial charge on any atom is -0.366 e. The van der Waals surface area contributed by atoms with Crippen LogP contribution in [0, 0.1) is 0 Å². The molecule has 0 aromatic carbocycles. The Morgan fingerprint density at radius 2 is 2.11 bits per heavy atom. The Balaban J connectivity index is 1.45. The van der Waals surface area contributed by atoms with Crippen LogP contribution in [0.1, 0.15) is 30.5 Å². The third-order valence-corrected chi connectivity index (χ3v) is 4.14. The molecule has 4 rings (SSSR count). The summed E-state index contributed by atoms with van der Waals surface area (Å²) in [6, 6.07) is 2.36. The van der Waals surface area contributed by atoms with E-state index in [0.29, 0.717) is 17.0 Å². The lowest BCUT2D eigenvalue weighted by Crippen LogP contribution is -2.48. The number of halogens is 1. The lowest BCUT2D eigenvalue weighted by molar-refractivity contribution is 0.361. The van der Waals surface area contributed by atoms with Crippen molar-refractivity contribution in [3.8, 4) is 0 Å². The average molecular weight is 276 g/mol. The van der Waals surface area contributed by atoms with Crippen molar-refractivity contribution in [1.29, 1.82) is 0 Å². The summed E-state index contributed by atoms with van der Waals surface area (Å²) in [5.41, 5.74) is 2.20. The summed E-state index contributed by atoms with van der Waals surface area (Å²) in [6.07, 6.45) is 8.10. The maximum absolute atomic E-state index is 6.14. The van der Waals surface area contributed by atoms with E-state index in [9.17, 15) is 0 Å². The highest BCUT2D eigenvalue weighted by atomic mass is 35.5. The minimum absolute atomic E-state index is 0.407. The smallest absolute Gasteiger partial charge is 0.0886 e. The van der Waals surface area contributed by atoms with E-state index in [0.717, 1.165) is 24.5 Å². The predicted molar refractivity (Wildman–Crippen MR) is 72.5 cm³/mol. The molecular formula is C13H14ClN5. The molecule has 2 aliphatic rings. The van der Waals surface area contributed by atoms with Gasteiger partial charge in [-0.3, -0.25) is 4.98 Å². The van der Waals surface area contributed by atoms with Crippen LogP contribution in [0.5, 0.6) is 0 Å². The van der Waals surface area contributed by atoms with Crippen LogP contribution in [0.3, 0.4) is 0 Å². The molecule has 1 saturated carbocycles. The molecule has 1 aliphatic carbocycles. The molecule has 1 aliphatic heterocycles. The van der Waals surface area contributed by atoms with Crippen molar-refractivity contribution in [2.45, 2.75) is 24.8 Å². The van der Waals surface area contributed by atoms with Crippen LogP contribution >= 0.6 is 11.6 Å². The SMILES string of the molecule is Clc1cnccc1N1CC(n2cc(C3CC3)nn2)C1. The Hall–Kier alpha value is -1.62. The zero-order chi connectivity index (χ0) is 12.8. The van der Waals surface area contributed by atoms with Crippen molar-refractivity contribution in [3.05, 3.63) is 35.4 Å². The maximum atomic E-state index is 6.14. The van der Waals surface area contributed by atoms with E-state index in [2.05, 4.69) is 26.4 Å². The standard InChI is InChI=1S/C13H14ClN5/c14-11-5-15-4-3-13(11)18-6-10(7-18)19-8-12(16-17-19)9-1-2-9/h3-5,8-10H,1-2,6-7H2. The van der Waals surface area contributed by atoms with E-state index < -0.39 is 0 Å². The van der Waals surface area contributed by atoms with Gasteiger partial charge in [-0.15, -0.1) is 5.10 Å². The second-order valence-electron chi connectivity index (χ2n) is 5.28. The number of hydrogen-bond acceptors (Lipinski definition) is 4. The second-order valence-corrected chi connectivity index (χ2v) is 5.69. The van der Waals surface area contributed by atoms with Gasteiger partial charge in [-0.05, 0) is 18.9 Å². The van der Waals surface area contributed by atoms with Gasteiger partial charge in [0.05, 0.1) is 22.4 Å². The number of pyridine rings is 1. The topological polar surface area (TPSA) is 46.8 Å². The van der Waals surface area contributed by atoms with Gasteiger partial charge in [0, 0.05) is 37.6 Å². The highest BCUT2D eigenvalue weighted by Gasteiger charge is 2.32. The monoisotopic (exact) mass is 275 g/mol. The van der Waals surface area contributed by atoms with Crippen molar-refractivity contribution in [1.82, 2.24) is 20.0 Å². The van der Waals surface area contributed by atoms with Crippen LogP contribution in [0.15, 0.2) is 24.7 Å². The molecule has 0 radical (unpaired) electrons. The molecular weight excluding hydrogens is 262 g/mol. The second kappa shape index (κ2) is 4.20. The average Bonchev–Trinajstić information content (AvgIpc) is 3.10. The Morgan fingerprint density at radius 3 is 2.84 bits per heavy atom. The number of rotatable bonds is 3. The molecule has 0 amide bonds. The lowest BCUT2D eigenvalue weighted by Gasteiger charge is -2.40. The van der Waals surface area contributed by atoms with Gasteiger partial charge >= 0.3 is 0 Å². The van der Waals surface area contributed by atoms with Crippen LogP contribution in [0.4, 0.5) is 5.69 Å². The molecule has 19 heavy (non-hydrogen) atoms. The van der Waals surface area contributed by atoms with Crippen LogP contribution in [-0.2, 0) is 0 Å². The summed E-state index contributed by atoms with van der Waals surface area (Å²) >= 11 is 6.14. The highest BCUT2D eigenvalue weighted by molar-refractivity contribution is 6.33. The third-order valence-electron chi connectivity index (χ3n) is 3.85. The Bertz CT molecular complexity index is 601. The van der Waals surface area contributed by atoms with Gasteiger partial charge in [0.2, 0.25) is 0 Å². The van der Waals surface area contributed by atoms with Crippen LogP contribution in [0.25, 0.3) is 0 Å². The third kappa shape index (κ3) is 1.98. The van der Waals surface area contributed by atoms with Crippen molar-refractivity contribution in [3.63, 3.8) is 0 Å². The van der Waals surface area contributed by atoms with Crippen LogP contribution < -0.4 is 4.90 Å². The molecule has 6 heteroatoms. The van der Waals surface area contributed by atoms with Crippen molar-refractivity contribution in [2.24, 2.45) is 0 Å². The van der Waals surface area contributed by atoms with Crippen molar-refractivity contribution in [2.75, 3.05) is 18.0 Å². The van der Waals surface area contributed by atoms with Gasteiger partial charge < -0.3 is 4.90 Å². The first kappa shape index (κ1) is 11.2. The highest BCUT2D eigenvalue weighted by Crippen LogP contribution is 2.39. The fourth-order valence-electron chi connectivity index (χ4n) is 2.48. The van der Waals surface area contributed by atoms with E-state index >= 15 is 0 Å². The predicted octanol–water partition coefficient (Wildman–Crippen LogP) is 2.27. The van der Waals surface area contributed by atoms with Crippen LogP contribution in [-0.4, -0.2) is 33.1 Å².